The zero-order valence-corrected chi connectivity index (χ0v) is 8.88. The van der Waals surface area contributed by atoms with Crippen LogP contribution < -0.4 is 0 Å². The van der Waals surface area contributed by atoms with Crippen LogP contribution in [0, 0.1) is 0 Å². The summed E-state index contributed by atoms with van der Waals surface area (Å²) in [5.41, 5.74) is 0. The molecular formula is C10H11NO2S. The van der Waals surface area contributed by atoms with E-state index in [1.54, 1.807) is 6.20 Å². The van der Waals surface area contributed by atoms with Crippen LogP contribution in [0.1, 0.15) is 6.92 Å². The highest BCUT2D eigenvalue weighted by Crippen LogP contribution is 2.23. The fourth-order valence-corrected chi connectivity index (χ4v) is 1.57. The molecule has 0 fully saturated rings. The molecule has 0 amide bonds. The van der Waals surface area contributed by atoms with Crippen molar-refractivity contribution in [3.63, 3.8) is 0 Å². The Morgan fingerprint density at radius 1 is 1.57 bits per heavy atom. The summed E-state index contributed by atoms with van der Waals surface area (Å²) >= 11 is 1.44. The molecule has 1 heterocycles. The number of aromatic nitrogens is 1. The predicted octanol–water partition coefficient (Wildman–Crippen LogP) is 2.25. The molecule has 0 spiro atoms. The van der Waals surface area contributed by atoms with E-state index in [-0.39, 0.29) is 5.97 Å². The van der Waals surface area contributed by atoms with E-state index in [0.29, 0.717) is 0 Å². The molecule has 0 bridgehead atoms. The molecule has 0 saturated carbocycles. The number of esters is 1. The van der Waals surface area contributed by atoms with Crippen molar-refractivity contribution in [2.75, 3.05) is 7.11 Å². The van der Waals surface area contributed by atoms with Gasteiger partial charge in [0.15, 0.2) is 0 Å². The van der Waals surface area contributed by atoms with Crippen molar-refractivity contribution in [1.82, 2.24) is 4.98 Å². The summed E-state index contributed by atoms with van der Waals surface area (Å²) < 4.78 is 4.51. The molecule has 1 aromatic heterocycles. The smallest absolute Gasteiger partial charge is 0.331 e. The minimum atomic E-state index is -0.342. The van der Waals surface area contributed by atoms with Gasteiger partial charge in [0, 0.05) is 12.3 Å². The fraction of sp³-hybridized carbons (Fsp3) is 0.200. The van der Waals surface area contributed by atoms with Crippen LogP contribution in [0.3, 0.4) is 0 Å². The number of ether oxygens (including phenoxy) is 1. The van der Waals surface area contributed by atoms with E-state index in [4.69, 9.17) is 0 Å². The first kappa shape index (κ1) is 10.8. The summed E-state index contributed by atoms with van der Waals surface area (Å²) in [5, 5.41) is 0.866. The Balaban J connectivity index is 2.61. The summed E-state index contributed by atoms with van der Waals surface area (Å²) in [5.74, 6) is -0.342. The molecule has 0 aliphatic carbocycles. The van der Waals surface area contributed by atoms with Crippen LogP contribution in [0.4, 0.5) is 0 Å². The van der Waals surface area contributed by atoms with E-state index < -0.39 is 0 Å². The van der Waals surface area contributed by atoms with E-state index in [1.807, 2.05) is 25.1 Å². The van der Waals surface area contributed by atoms with Crippen LogP contribution in [0.15, 0.2) is 40.4 Å². The number of methoxy groups -OCH3 is 1. The molecule has 0 radical (unpaired) electrons. The summed E-state index contributed by atoms with van der Waals surface area (Å²) in [6.07, 6.45) is 3.16. The highest BCUT2D eigenvalue weighted by Gasteiger charge is 1.99. The van der Waals surface area contributed by atoms with Gasteiger partial charge in [-0.25, -0.2) is 9.78 Å². The molecule has 1 aromatic rings. The van der Waals surface area contributed by atoms with Gasteiger partial charge in [0.25, 0.3) is 0 Å². The molecule has 1 rings (SSSR count). The Kier molecular flexibility index (Phi) is 4.19. The third-order valence-corrected chi connectivity index (χ3v) is 2.32. The highest BCUT2D eigenvalue weighted by atomic mass is 32.2. The largest absolute Gasteiger partial charge is 0.466 e. The van der Waals surface area contributed by atoms with Crippen LogP contribution in [0.25, 0.3) is 0 Å². The Hall–Kier alpha value is -1.29. The predicted molar refractivity (Wildman–Crippen MR) is 55.9 cm³/mol. The van der Waals surface area contributed by atoms with Gasteiger partial charge in [0.2, 0.25) is 0 Å². The molecule has 0 unspecified atom stereocenters. The second-order valence-electron chi connectivity index (χ2n) is 2.55. The van der Waals surface area contributed by atoms with Crippen molar-refractivity contribution >= 4 is 17.7 Å². The van der Waals surface area contributed by atoms with E-state index in [2.05, 4.69) is 9.72 Å². The molecule has 0 aliphatic heterocycles. The Labute approximate surface area is 87.2 Å². The lowest BCUT2D eigenvalue weighted by Gasteiger charge is -1.99. The normalized spacial score (nSPS) is 11.1. The quantitative estimate of drug-likeness (QED) is 0.435. The lowest BCUT2D eigenvalue weighted by atomic mass is 10.5. The van der Waals surface area contributed by atoms with Gasteiger partial charge in [-0.05, 0) is 24.0 Å². The maximum Gasteiger partial charge on any atom is 0.331 e. The lowest BCUT2D eigenvalue weighted by molar-refractivity contribution is -0.134. The number of hydrogen-bond acceptors (Lipinski definition) is 4. The average Bonchev–Trinajstić information content (AvgIpc) is 2.19. The zero-order valence-electron chi connectivity index (χ0n) is 8.06. The summed E-state index contributed by atoms with van der Waals surface area (Å²) in [6, 6.07) is 5.64. The van der Waals surface area contributed by atoms with Crippen LogP contribution in [-0.2, 0) is 9.53 Å². The molecule has 0 saturated heterocycles. The van der Waals surface area contributed by atoms with Crippen molar-refractivity contribution < 1.29 is 9.53 Å². The molecule has 74 valence electrons. The minimum Gasteiger partial charge on any atom is -0.466 e. The van der Waals surface area contributed by atoms with Crippen LogP contribution in [0.5, 0.6) is 0 Å². The standard InChI is InChI=1S/C10H11NO2S/c1-8(7-10(12)13-2)14-9-5-3-4-6-11-9/h3-7H,1-2H3. The molecule has 0 N–H and O–H groups in total. The van der Waals surface area contributed by atoms with E-state index >= 15 is 0 Å². The molecular weight excluding hydrogens is 198 g/mol. The van der Waals surface area contributed by atoms with Crippen molar-refractivity contribution in [2.45, 2.75) is 11.9 Å². The van der Waals surface area contributed by atoms with Gasteiger partial charge in [0.1, 0.15) is 5.03 Å². The molecule has 0 aromatic carbocycles. The summed E-state index contributed by atoms with van der Waals surface area (Å²) in [7, 11) is 1.36. The monoisotopic (exact) mass is 209 g/mol. The fourth-order valence-electron chi connectivity index (χ4n) is 0.827. The topological polar surface area (TPSA) is 39.2 Å². The summed E-state index contributed by atoms with van der Waals surface area (Å²) in [6.45, 7) is 1.84. The second kappa shape index (κ2) is 5.44. The van der Waals surface area contributed by atoms with Gasteiger partial charge < -0.3 is 4.74 Å². The number of allylic oxidation sites excluding steroid dienone is 1. The number of carbonyl (C=O) groups excluding carboxylic acids is 1. The number of nitrogens with zero attached hydrogens (tertiary/aromatic N) is 1. The molecule has 4 heteroatoms. The third kappa shape index (κ3) is 3.62. The maximum atomic E-state index is 10.9. The first-order chi connectivity index (χ1) is 6.72. The van der Waals surface area contributed by atoms with Crippen molar-refractivity contribution in [3.8, 4) is 0 Å². The Morgan fingerprint density at radius 3 is 2.93 bits per heavy atom. The SMILES string of the molecule is COC(=O)C=C(C)Sc1ccccn1. The molecule has 3 nitrogen and oxygen atoms in total. The first-order valence-corrected chi connectivity index (χ1v) is 4.89. The van der Waals surface area contributed by atoms with Gasteiger partial charge >= 0.3 is 5.97 Å². The number of thioether (sulfide) groups is 1. The van der Waals surface area contributed by atoms with Crippen LogP contribution in [-0.4, -0.2) is 18.1 Å². The third-order valence-electron chi connectivity index (χ3n) is 1.43. The molecule has 0 aliphatic rings. The van der Waals surface area contributed by atoms with Gasteiger partial charge in [-0.1, -0.05) is 17.8 Å². The van der Waals surface area contributed by atoms with E-state index in [1.165, 1.54) is 24.9 Å². The van der Waals surface area contributed by atoms with Crippen molar-refractivity contribution in [1.29, 1.82) is 0 Å². The van der Waals surface area contributed by atoms with Crippen molar-refractivity contribution in [2.24, 2.45) is 0 Å². The van der Waals surface area contributed by atoms with Crippen LogP contribution in [0.2, 0.25) is 0 Å². The van der Waals surface area contributed by atoms with Crippen LogP contribution >= 0.6 is 11.8 Å². The Bertz CT molecular complexity index is 335. The Morgan fingerprint density at radius 2 is 2.36 bits per heavy atom. The number of rotatable bonds is 3. The lowest BCUT2D eigenvalue weighted by Crippen LogP contribution is -1.94. The van der Waals surface area contributed by atoms with Crippen molar-refractivity contribution in [3.05, 3.63) is 35.4 Å². The van der Waals surface area contributed by atoms with Gasteiger partial charge in [0.05, 0.1) is 7.11 Å². The maximum absolute atomic E-state index is 10.9. The second-order valence-corrected chi connectivity index (χ2v) is 3.81. The zero-order chi connectivity index (χ0) is 10.4. The van der Waals surface area contributed by atoms with Gasteiger partial charge in [-0.3, -0.25) is 0 Å². The van der Waals surface area contributed by atoms with E-state index in [9.17, 15) is 4.79 Å². The molecule has 0 atom stereocenters. The van der Waals surface area contributed by atoms with Gasteiger partial charge in [-0.2, -0.15) is 0 Å². The highest BCUT2D eigenvalue weighted by molar-refractivity contribution is 8.03. The minimum absolute atomic E-state index is 0.342. The number of pyridine rings is 1. The average molecular weight is 209 g/mol. The molecule has 14 heavy (non-hydrogen) atoms. The van der Waals surface area contributed by atoms with E-state index in [0.717, 1.165) is 9.93 Å². The van der Waals surface area contributed by atoms with Gasteiger partial charge in [-0.15, -0.1) is 0 Å². The number of hydrogen-bond donors (Lipinski definition) is 0. The summed E-state index contributed by atoms with van der Waals surface area (Å²) in [4.78, 5) is 15.9. The first-order valence-electron chi connectivity index (χ1n) is 4.07. The number of carbonyl (C=O) groups is 1.